The molecule has 0 radical (unpaired) electrons. The van der Waals surface area contributed by atoms with Gasteiger partial charge in [0, 0.05) is 12.6 Å². The van der Waals surface area contributed by atoms with E-state index in [4.69, 9.17) is 4.74 Å². The van der Waals surface area contributed by atoms with Crippen molar-refractivity contribution < 1.29 is 17.9 Å². The van der Waals surface area contributed by atoms with E-state index in [2.05, 4.69) is 5.32 Å². The van der Waals surface area contributed by atoms with Crippen molar-refractivity contribution in [3.63, 3.8) is 0 Å². The van der Waals surface area contributed by atoms with E-state index in [9.17, 15) is 13.2 Å². The van der Waals surface area contributed by atoms with Gasteiger partial charge in [-0.3, -0.25) is 9.10 Å². The summed E-state index contributed by atoms with van der Waals surface area (Å²) in [6.07, 6.45) is 0. The Morgan fingerprint density at radius 2 is 1.63 bits per heavy atom. The lowest BCUT2D eigenvalue weighted by molar-refractivity contribution is 0.0940. The van der Waals surface area contributed by atoms with Gasteiger partial charge in [-0.05, 0) is 55.0 Å². The predicted molar refractivity (Wildman–Crippen MR) is 117 cm³/mol. The van der Waals surface area contributed by atoms with Crippen molar-refractivity contribution in [2.45, 2.75) is 17.9 Å². The number of amides is 1. The highest BCUT2D eigenvalue weighted by molar-refractivity contribution is 7.92. The van der Waals surface area contributed by atoms with Gasteiger partial charge in [-0.25, -0.2) is 8.42 Å². The van der Waals surface area contributed by atoms with E-state index >= 15 is 0 Å². The fraction of sp³-hybridized carbons (Fsp3) is 0.174. The summed E-state index contributed by atoms with van der Waals surface area (Å²) in [7, 11) is -0.646. The number of benzene rings is 3. The third-order valence-corrected chi connectivity index (χ3v) is 6.64. The fourth-order valence-electron chi connectivity index (χ4n) is 2.99. The molecule has 30 heavy (non-hydrogen) atoms. The van der Waals surface area contributed by atoms with Crippen LogP contribution in [0.5, 0.6) is 5.75 Å². The van der Waals surface area contributed by atoms with Crippen LogP contribution in [0.3, 0.4) is 0 Å². The molecule has 1 N–H and O–H groups in total. The smallest absolute Gasteiger partial charge is 0.264 e. The van der Waals surface area contributed by atoms with Crippen molar-refractivity contribution in [3.05, 3.63) is 90.0 Å². The second-order valence-corrected chi connectivity index (χ2v) is 8.77. The highest BCUT2D eigenvalue weighted by Crippen LogP contribution is 2.23. The molecule has 3 rings (SSSR count). The summed E-state index contributed by atoms with van der Waals surface area (Å²) in [6, 6.07) is 22.0. The van der Waals surface area contributed by atoms with Gasteiger partial charge in [0.1, 0.15) is 5.75 Å². The lowest BCUT2D eigenvalue weighted by Crippen LogP contribution is -2.28. The van der Waals surface area contributed by atoms with Gasteiger partial charge in [-0.15, -0.1) is 0 Å². The number of nitrogens with zero attached hydrogens (tertiary/aromatic N) is 1. The zero-order valence-corrected chi connectivity index (χ0v) is 17.9. The van der Waals surface area contributed by atoms with Crippen LogP contribution in [0, 0.1) is 0 Å². The minimum Gasteiger partial charge on any atom is -0.497 e. The normalized spacial score (nSPS) is 12.1. The van der Waals surface area contributed by atoms with Crippen LogP contribution in [-0.2, 0) is 10.0 Å². The van der Waals surface area contributed by atoms with Gasteiger partial charge in [0.15, 0.2) is 0 Å². The van der Waals surface area contributed by atoms with Gasteiger partial charge in [0.05, 0.1) is 23.7 Å². The zero-order chi connectivity index (χ0) is 21.7. The van der Waals surface area contributed by atoms with Crippen molar-refractivity contribution in [2.24, 2.45) is 0 Å². The maximum absolute atomic E-state index is 12.8. The maximum atomic E-state index is 12.8. The van der Waals surface area contributed by atoms with Gasteiger partial charge in [-0.2, -0.15) is 0 Å². The largest absolute Gasteiger partial charge is 0.497 e. The van der Waals surface area contributed by atoms with E-state index in [-0.39, 0.29) is 16.8 Å². The molecule has 0 unspecified atom stereocenters. The van der Waals surface area contributed by atoms with E-state index in [1.807, 2.05) is 31.2 Å². The molecule has 3 aromatic rings. The first-order valence-corrected chi connectivity index (χ1v) is 10.9. The first-order valence-electron chi connectivity index (χ1n) is 9.42. The standard InChI is InChI=1S/C23H24N2O4S/c1-17(18-12-14-21(29-3)15-13-18)24-23(26)19-8-7-9-20(16-19)25(2)30(27,28)22-10-5-4-6-11-22/h4-17H,1-3H3,(H,24,26)/t17-/m0/s1. The molecular weight excluding hydrogens is 400 g/mol. The molecule has 0 aliphatic rings. The highest BCUT2D eigenvalue weighted by Gasteiger charge is 2.22. The van der Waals surface area contributed by atoms with E-state index < -0.39 is 10.0 Å². The molecule has 1 atom stereocenters. The summed E-state index contributed by atoms with van der Waals surface area (Å²) < 4.78 is 32.0. The Bertz CT molecular complexity index is 1110. The second kappa shape index (κ2) is 9.00. The van der Waals surface area contributed by atoms with E-state index in [0.717, 1.165) is 11.3 Å². The minimum absolute atomic E-state index is 0.190. The predicted octanol–water partition coefficient (Wildman–Crippen LogP) is 4.01. The first kappa shape index (κ1) is 21.4. The molecule has 0 bridgehead atoms. The van der Waals surface area contributed by atoms with Crippen LogP contribution in [0.1, 0.15) is 28.9 Å². The molecule has 7 heteroatoms. The molecule has 0 saturated carbocycles. The Morgan fingerprint density at radius 3 is 2.27 bits per heavy atom. The van der Waals surface area contributed by atoms with Gasteiger partial charge >= 0.3 is 0 Å². The average molecular weight is 425 g/mol. The summed E-state index contributed by atoms with van der Waals surface area (Å²) in [5.41, 5.74) is 1.72. The van der Waals surface area contributed by atoms with Crippen molar-refractivity contribution in [1.29, 1.82) is 0 Å². The van der Waals surface area contributed by atoms with E-state index in [1.165, 1.54) is 11.4 Å². The van der Waals surface area contributed by atoms with E-state index in [1.54, 1.807) is 61.7 Å². The molecule has 3 aromatic carbocycles. The maximum Gasteiger partial charge on any atom is 0.264 e. The van der Waals surface area contributed by atoms with Crippen LogP contribution in [0.15, 0.2) is 83.8 Å². The van der Waals surface area contributed by atoms with Crippen LogP contribution in [-0.4, -0.2) is 28.5 Å². The van der Waals surface area contributed by atoms with Gasteiger partial charge in [-0.1, -0.05) is 36.4 Å². The van der Waals surface area contributed by atoms with Crippen molar-refractivity contribution in [3.8, 4) is 5.75 Å². The Labute approximate surface area is 177 Å². The fourth-order valence-corrected chi connectivity index (χ4v) is 4.20. The Morgan fingerprint density at radius 1 is 0.967 bits per heavy atom. The quantitative estimate of drug-likeness (QED) is 0.622. The lowest BCUT2D eigenvalue weighted by atomic mass is 10.1. The first-order chi connectivity index (χ1) is 14.3. The lowest BCUT2D eigenvalue weighted by Gasteiger charge is -2.20. The van der Waals surface area contributed by atoms with Crippen LogP contribution < -0.4 is 14.4 Å². The molecule has 0 fully saturated rings. The molecule has 0 aliphatic carbocycles. The summed E-state index contributed by atoms with van der Waals surface area (Å²) in [5.74, 6) is 0.457. The number of hydrogen-bond acceptors (Lipinski definition) is 4. The molecule has 156 valence electrons. The Kier molecular flexibility index (Phi) is 6.42. The van der Waals surface area contributed by atoms with Crippen LogP contribution in [0.4, 0.5) is 5.69 Å². The summed E-state index contributed by atoms with van der Waals surface area (Å²) in [4.78, 5) is 12.9. The highest BCUT2D eigenvalue weighted by atomic mass is 32.2. The molecule has 0 aromatic heterocycles. The van der Waals surface area contributed by atoms with Crippen molar-refractivity contribution >= 4 is 21.6 Å². The van der Waals surface area contributed by atoms with E-state index in [0.29, 0.717) is 11.3 Å². The third kappa shape index (κ3) is 4.63. The Hall–Kier alpha value is -3.32. The molecule has 0 spiro atoms. The second-order valence-electron chi connectivity index (χ2n) is 6.80. The van der Waals surface area contributed by atoms with Gasteiger partial charge in [0.25, 0.3) is 15.9 Å². The number of carbonyl (C=O) groups excluding carboxylic acids is 1. The van der Waals surface area contributed by atoms with Crippen LogP contribution in [0.25, 0.3) is 0 Å². The number of rotatable bonds is 7. The third-order valence-electron chi connectivity index (χ3n) is 4.84. The number of carbonyl (C=O) groups is 1. The number of anilines is 1. The molecule has 1 amide bonds. The summed E-state index contributed by atoms with van der Waals surface area (Å²) in [6.45, 7) is 1.88. The number of ether oxygens (including phenoxy) is 1. The average Bonchev–Trinajstić information content (AvgIpc) is 2.79. The molecular formula is C23H24N2O4S. The molecule has 6 nitrogen and oxygen atoms in total. The number of nitrogens with one attached hydrogen (secondary N) is 1. The monoisotopic (exact) mass is 424 g/mol. The topological polar surface area (TPSA) is 75.7 Å². The van der Waals surface area contributed by atoms with Crippen LogP contribution in [0.2, 0.25) is 0 Å². The number of hydrogen-bond donors (Lipinski definition) is 1. The van der Waals surface area contributed by atoms with Crippen molar-refractivity contribution in [2.75, 3.05) is 18.5 Å². The molecule has 0 saturated heterocycles. The molecule has 0 heterocycles. The zero-order valence-electron chi connectivity index (χ0n) is 17.1. The minimum atomic E-state index is -3.72. The summed E-state index contributed by atoms with van der Waals surface area (Å²) >= 11 is 0. The Balaban J connectivity index is 1.78. The van der Waals surface area contributed by atoms with Crippen molar-refractivity contribution in [1.82, 2.24) is 5.32 Å². The summed E-state index contributed by atoms with van der Waals surface area (Å²) in [5, 5.41) is 2.94. The SMILES string of the molecule is COc1ccc([C@H](C)NC(=O)c2cccc(N(C)S(=O)(=O)c3ccccc3)c2)cc1. The van der Waals surface area contributed by atoms with Gasteiger partial charge < -0.3 is 10.1 Å². The van der Waals surface area contributed by atoms with Crippen LogP contribution >= 0.6 is 0 Å². The number of methoxy groups -OCH3 is 1. The molecule has 0 aliphatic heterocycles. The van der Waals surface area contributed by atoms with Gasteiger partial charge in [0.2, 0.25) is 0 Å². The number of sulfonamides is 1.